The average molecular weight is 249 g/mol. The summed E-state index contributed by atoms with van der Waals surface area (Å²) in [5, 5.41) is 2.83. The van der Waals surface area contributed by atoms with Crippen molar-refractivity contribution in [2.24, 2.45) is 5.92 Å². The third-order valence-corrected chi connectivity index (χ3v) is 2.97. The zero-order valence-electron chi connectivity index (χ0n) is 11.4. The van der Waals surface area contributed by atoms with E-state index in [1.165, 1.54) is 0 Å². The third kappa shape index (κ3) is 4.75. The molecule has 1 rings (SSSR count). The van der Waals surface area contributed by atoms with E-state index in [2.05, 4.69) is 19.2 Å². The molecular formula is C14H23N3O. The number of carbonyl (C=O) groups is 1. The lowest BCUT2D eigenvalue weighted by molar-refractivity contribution is -0.117. The van der Waals surface area contributed by atoms with Crippen molar-refractivity contribution >= 4 is 17.3 Å². The first-order valence-corrected chi connectivity index (χ1v) is 6.35. The Bertz CT molecular complexity index is 392. The van der Waals surface area contributed by atoms with Crippen LogP contribution in [-0.2, 0) is 4.79 Å². The molecule has 1 amide bonds. The van der Waals surface area contributed by atoms with Crippen molar-refractivity contribution in [1.82, 2.24) is 4.90 Å². The number of carbonyl (C=O) groups excluding carboxylic acids is 1. The summed E-state index contributed by atoms with van der Waals surface area (Å²) in [7, 11) is 1.96. The van der Waals surface area contributed by atoms with Crippen LogP contribution >= 0.6 is 0 Å². The van der Waals surface area contributed by atoms with Crippen LogP contribution in [0, 0.1) is 5.92 Å². The zero-order chi connectivity index (χ0) is 13.5. The number of likely N-dealkylation sites (N-methyl/N-ethyl adjacent to an activating group) is 1. The maximum absolute atomic E-state index is 11.8. The second-order valence-electron chi connectivity index (χ2n) is 4.85. The van der Waals surface area contributed by atoms with E-state index in [9.17, 15) is 4.79 Å². The molecular weight excluding hydrogens is 226 g/mol. The molecule has 1 unspecified atom stereocenters. The van der Waals surface area contributed by atoms with Crippen LogP contribution in [0.1, 0.15) is 20.3 Å². The quantitative estimate of drug-likeness (QED) is 0.760. The number of nitrogens with two attached hydrogens (primary N) is 1. The number of hydrogen-bond acceptors (Lipinski definition) is 3. The van der Waals surface area contributed by atoms with E-state index in [1.54, 1.807) is 6.07 Å². The Morgan fingerprint density at radius 3 is 2.72 bits per heavy atom. The van der Waals surface area contributed by atoms with Crippen molar-refractivity contribution in [1.29, 1.82) is 0 Å². The molecule has 0 bridgehead atoms. The lowest BCUT2D eigenvalue weighted by Gasteiger charge is -2.20. The van der Waals surface area contributed by atoms with Crippen LogP contribution in [0.5, 0.6) is 0 Å². The molecule has 0 aromatic heterocycles. The molecule has 4 heteroatoms. The summed E-state index contributed by atoms with van der Waals surface area (Å²) < 4.78 is 0. The highest BCUT2D eigenvalue weighted by atomic mass is 16.2. The number of nitrogens with one attached hydrogen (secondary N) is 1. The molecule has 1 aromatic carbocycles. The number of amides is 1. The fraction of sp³-hybridized carbons (Fsp3) is 0.500. The van der Waals surface area contributed by atoms with E-state index in [0.29, 0.717) is 23.8 Å². The van der Waals surface area contributed by atoms with Gasteiger partial charge in [0, 0.05) is 6.54 Å². The molecule has 0 heterocycles. The van der Waals surface area contributed by atoms with Crippen molar-refractivity contribution in [3.63, 3.8) is 0 Å². The molecule has 0 saturated carbocycles. The second-order valence-corrected chi connectivity index (χ2v) is 4.85. The fourth-order valence-corrected chi connectivity index (χ4v) is 1.77. The first kappa shape index (κ1) is 14.5. The van der Waals surface area contributed by atoms with Crippen LogP contribution in [0.4, 0.5) is 11.4 Å². The third-order valence-electron chi connectivity index (χ3n) is 2.97. The van der Waals surface area contributed by atoms with Gasteiger partial charge in [-0.15, -0.1) is 0 Å². The molecule has 4 nitrogen and oxygen atoms in total. The number of nitrogen functional groups attached to an aromatic ring is 1. The van der Waals surface area contributed by atoms with E-state index in [4.69, 9.17) is 5.73 Å². The van der Waals surface area contributed by atoms with Crippen molar-refractivity contribution < 1.29 is 4.79 Å². The SMILES string of the molecule is CCC(C)CN(C)CC(=O)Nc1ccccc1N. The molecule has 100 valence electrons. The molecule has 0 aliphatic carbocycles. The van der Waals surface area contributed by atoms with E-state index < -0.39 is 0 Å². The van der Waals surface area contributed by atoms with Gasteiger partial charge in [-0.3, -0.25) is 9.69 Å². The molecule has 0 spiro atoms. The Morgan fingerprint density at radius 2 is 2.11 bits per heavy atom. The summed E-state index contributed by atoms with van der Waals surface area (Å²) in [5.74, 6) is 0.572. The summed E-state index contributed by atoms with van der Waals surface area (Å²) in [6.45, 7) is 5.65. The molecule has 18 heavy (non-hydrogen) atoms. The maximum atomic E-state index is 11.8. The smallest absolute Gasteiger partial charge is 0.238 e. The molecule has 0 aliphatic rings. The minimum atomic E-state index is -0.0290. The maximum Gasteiger partial charge on any atom is 0.238 e. The minimum absolute atomic E-state index is 0.0290. The lowest BCUT2D eigenvalue weighted by Crippen LogP contribution is -2.33. The normalized spacial score (nSPS) is 12.4. The van der Waals surface area contributed by atoms with Crippen LogP contribution in [0.15, 0.2) is 24.3 Å². The predicted molar refractivity (Wildman–Crippen MR) is 76.4 cm³/mol. The average Bonchev–Trinajstić information content (AvgIpc) is 2.31. The summed E-state index contributed by atoms with van der Waals surface area (Å²) in [5.41, 5.74) is 7.05. The van der Waals surface area contributed by atoms with Gasteiger partial charge in [0.05, 0.1) is 17.9 Å². The first-order chi connectivity index (χ1) is 8.52. The highest BCUT2D eigenvalue weighted by molar-refractivity contribution is 5.95. The Labute approximate surface area is 109 Å². The van der Waals surface area contributed by atoms with Gasteiger partial charge in [-0.25, -0.2) is 0 Å². The molecule has 0 saturated heterocycles. The van der Waals surface area contributed by atoms with Crippen molar-refractivity contribution in [2.75, 3.05) is 31.2 Å². The fourth-order valence-electron chi connectivity index (χ4n) is 1.77. The number of hydrogen-bond donors (Lipinski definition) is 2. The van der Waals surface area contributed by atoms with Gasteiger partial charge >= 0.3 is 0 Å². The van der Waals surface area contributed by atoms with Gasteiger partial charge in [-0.2, -0.15) is 0 Å². The van der Waals surface area contributed by atoms with Gasteiger partial charge in [-0.05, 0) is 25.1 Å². The van der Waals surface area contributed by atoms with E-state index >= 15 is 0 Å². The van der Waals surface area contributed by atoms with Gasteiger partial charge in [0.2, 0.25) is 5.91 Å². The van der Waals surface area contributed by atoms with E-state index in [0.717, 1.165) is 13.0 Å². The Hall–Kier alpha value is -1.55. The molecule has 3 N–H and O–H groups in total. The Kier molecular flexibility index (Phi) is 5.65. The highest BCUT2D eigenvalue weighted by Gasteiger charge is 2.10. The molecule has 0 radical (unpaired) electrons. The number of rotatable bonds is 6. The van der Waals surface area contributed by atoms with E-state index in [1.807, 2.05) is 30.1 Å². The van der Waals surface area contributed by atoms with Gasteiger partial charge in [0.15, 0.2) is 0 Å². The Morgan fingerprint density at radius 1 is 1.44 bits per heavy atom. The zero-order valence-corrected chi connectivity index (χ0v) is 11.4. The predicted octanol–water partition coefficient (Wildman–Crippen LogP) is 2.19. The second kappa shape index (κ2) is 7.01. The number of nitrogens with zero attached hydrogens (tertiary/aromatic N) is 1. The summed E-state index contributed by atoms with van der Waals surface area (Å²) >= 11 is 0. The lowest BCUT2D eigenvalue weighted by atomic mass is 10.1. The van der Waals surface area contributed by atoms with Crippen molar-refractivity contribution in [3.8, 4) is 0 Å². The summed E-state index contributed by atoms with van der Waals surface area (Å²) in [6.07, 6.45) is 1.12. The summed E-state index contributed by atoms with van der Waals surface area (Å²) in [6, 6.07) is 7.29. The van der Waals surface area contributed by atoms with Gasteiger partial charge in [0.25, 0.3) is 0 Å². The van der Waals surface area contributed by atoms with E-state index in [-0.39, 0.29) is 5.91 Å². The molecule has 1 atom stereocenters. The van der Waals surface area contributed by atoms with Crippen molar-refractivity contribution in [2.45, 2.75) is 20.3 Å². The monoisotopic (exact) mass is 249 g/mol. The molecule has 0 fully saturated rings. The Balaban J connectivity index is 2.45. The topological polar surface area (TPSA) is 58.4 Å². The van der Waals surface area contributed by atoms with Crippen LogP contribution < -0.4 is 11.1 Å². The molecule has 0 aliphatic heterocycles. The number of para-hydroxylation sites is 2. The number of anilines is 2. The van der Waals surface area contributed by atoms with Gasteiger partial charge in [0.1, 0.15) is 0 Å². The largest absolute Gasteiger partial charge is 0.397 e. The number of benzene rings is 1. The van der Waals surface area contributed by atoms with Crippen LogP contribution in [-0.4, -0.2) is 30.9 Å². The summed E-state index contributed by atoms with van der Waals surface area (Å²) in [4.78, 5) is 13.9. The van der Waals surface area contributed by atoms with Gasteiger partial charge in [-0.1, -0.05) is 32.4 Å². The molecule has 1 aromatic rings. The van der Waals surface area contributed by atoms with Crippen LogP contribution in [0.2, 0.25) is 0 Å². The minimum Gasteiger partial charge on any atom is -0.397 e. The standard InChI is InChI=1S/C14H23N3O/c1-4-11(2)9-17(3)10-14(18)16-13-8-6-5-7-12(13)15/h5-8,11H,4,9-10,15H2,1-3H3,(H,16,18). The highest BCUT2D eigenvalue weighted by Crippen LogP contribution is 2.16. The van der Waals surface area contributed by atoms with Crippen molar-refractivity contribution in [3.05, 3.63) is 24.3 Å². The van der Waals surface area contributed by atoms with Crippen LogP contribution in [0.3, 0.4) is 0 Å². The van der Waals surface area contributed by atoms with Gasteiger partial charge < -0.3 is 11.1 Å². The first-order valence-electron chi connectivity index (χ1n) is 6.35. The van der Waals surface area contributed by atoms with Crippen LogP contribution in [0.25, 0.3) is 0 Å².